The molecule has 0 fully saturated rings. The van der Waals surface area contributed by atoms with Crippen LogP contribution in [-0.2, 0) is 10.8 Å². The number of hydrogen-bond donors (Lipinski definition) is 0. The van der Waals surface area contributed by atoms with Crippen molar-refractivity contribution in [1.82, 2.24) is 4.98 Å². The second kappa shape index (κ2) is 5.01. The maximum absolute atomic E-state index is 12.7. The maximum atomic E-state index is 12.7. The minimum atomic E-state index is -1.34. The first kappa shape index (κ1) is 11.7. The molecular formula is C11H7FINOS. The smallest absolute Gasteiger partial charge is 0.132 e. The summed E-state index contributed by atoms with van der Waals surface area (Å²) in [4.78, 5) is 4.63. The molecule has 1 atom stereocenters. The minimum absolute atomic E-state index is 0.337. The van der Waals surface area contributed by atoms with Crippen LogP contribution in [0.5, 0.6) is 0 Å². The van der Waals surface area contributed by atoms with Gasteiger partial charge in [0.2, 0.25) is 0 Å². The van der Waals surface area contributed by atoms with E-state index >= 15 is 0 Å². The summed E-state index contributed by atoms with van der Waals surface area (Å²) in [5.41, 5.74) is 0. The van der Waals surface area contributed by atoms with Gasteiger partial charge in [0.15, 0.2) is 0 Å². The summed E-state index contributed by atoms with van der Waals surface area (Å²) < 4.78 is 25.7. The van der Waals surface area contributed by atoms with Crippen LogP contribution in [0.2, 0.25) is 0 Å². The van der Waals surface area contributed by atoms with Crippen molar-refractivity contribution in [3.63, 3.8) is 0 Å². The van der Waals surface area contributed by atoms with Gasteiger partial charge in [-0.15, -0.1) is 0 Å². The molecule has 0 aliphatic heterocycles. The standard InChI is InChI=1S/C11H7FINOS/c12-8-1-4-10(5-2-8)16(15)11-6-3-9(13)7-14-11/h1-7H. The number of halogens is 2. The number of aromatic nitrogens is 1. The second-order valence-corrected chi connectivity index (χ2v) is 5.71. The van der Waals surface area contributed by atoms with Crippen molar-refractivity contribution >= 4 is 33.4 Å². The van der Waals surface area contributed by atoms with Crippen molar-refractivity contribution in [3.05, 3.63) is 52.0 Å². The number of pyridine rings is 1. The van der Waals surface area contributed by atoms with Crippen LogP contribution in [0.15, 0.2) is 52.5 Å². The molecule has 16 heavy (non-hydrogen) atoms. The summed E-state index contributed by atoms with van der Waals surface area (Å²) >= 11 is 2.13. The van der Waals surface area contributed by atoms with Gasteiger partial charge in [-0.3, -0.25) is 0 Å². The fourth-order valence-electron chi connectivity index (χ4n) is 1.15. The lowest BCUT2D eigenvalue weighted by Crippen LogP contribution is -1.96. The van der Waals surface area contributed by atoms with Crippen molar-refractivity contribution in [1.29, 1.82) is 0 Å². The van der Waals surface area contributed by atoms with Gasteiger partial charge in [0.25, 0.3) is 0 Å². The van der Waals surface area contributed by atoms with Crippen LogP contribution in [0.1, 0.15) is 0 Å². The molecule has 82 valence electrons. The normalized spacial score (nSPS) is 12.4. The van der Waals surface area contributed by atoms with Crippen LogP contribution in [0.25, 0.3) is 0 Å². The van der Waals surface area contributed by atoms with E-state index in [0.29, 0.717) is 9.92 Å². The van der Waals surface area contributed by atoms with Gasteiger partial charge in [-0.2, -0.15) is 0 Å². The Labute approximate surface area is 109 Å². The topological polar surface area (TPSA) is 30.0 Å². The molecule has 1 unspecified atom stereocenters. The molecule has 2 nitrogen and oxygen atoms in total. The summed E-state index contributed by atoms with van der Waals surface area (Å²) in [5, 5.41) is 0.479. The first-order chi connectivity index (χ1) is 7.66. The Hall–Kier alpha value is -0.820. The highest BCUT2D eigenvalue weighted by molar-refractivity contribution is 14.1. The third-order valence-electron chi connectivity index (χ3n) is 1.92. The molecule has 1 heterocycles. The van der Waals surface area contributed by atoms with E-state index in [1.54, 1.807) is 12.3 Å². The van der Waals surface area contributed by atoms with Crippen LogP contribution in [0.3, 0.4) is 0 Å². The summed E-state index contributed by atoms with van der Waals surface area (Å²) in [7, 11) is -1.34. The quantitative estimate of drug-likeness (QED) is 0.782. The summed E-state index contributed by atoms with van der Waals surface area (Å²) in [6.45, 7) is 0. The van der Waals surface area contributed by atoms with Gasteiger partial charge < -0.3 is 0 Å². The fourth-order valence-corrected chi connectivity index (χ4v) is 2.43. The van der Waals surface area contributed by atoms with Gasteiger partial charge in [-0.25, -0.2) is 13.6 Å². The fraction of sp³-hybridized carbons (Fsp3) is 0. The Morgan fingerprint density at radius 1 is 1.12 bits per heavy atom. The van der Waals surface area contributed by atoms with E-state index in [1.807, 2.05) is 6.07 Å². The Morgan fingerprint density at radius 3 is 2.38 bits per heavy atom. The third-order valence-corrected chi connectivity index (χ3v) is 3.88. The van der Waals surface area contributed by atoms with E-state index < -0.39 is 10.8 Å². The average Bonchev–Trinajstić information content (AvgIpc) is 2.30. The lowest BCUT2D eigenvalue weighted by Gasteiger charge is -2.01. The predicted octanol–water partition coefficient (Wildman–Crippen LogP) is 2.99. The van der Waals surface area contributed by atoms with Gasteiger partial charge in [-0.05, 0) is 59.0 Å². The molecule has 0 amide bonds. The van der Waals surface area contributed by atoms with E-state index in [9.17, 15) is 8.60 Å². The molecule has 0 N–H and O–H groups in total. The zero-order valence-electron chi connectivity index (χ0n) is 8.06. The van der Waals surface area contributed by atoms with Gasteiger partial charge >= 0.3 is 0 Å². The van der Waals surface area contributed by atoms with Crippen molar-refractivity contribution in [2.24, 2.45) is 0 Å². The molecule has 0 aliphatic rings. The number of rotatable bonds is 2. The van der Waals surface area contributed by atoms with Crippen LogP contribution in [0.4, 0.5) is 4.39 Å². The highest BCUT2D eigenvalue weighted by Gasteiger charge is 2.08. The Balaban J connectivity index is 2.32. The van der Waals surface area contributed by atoms with Gasteiger partial charge in [0, 0.05) is 14.7 Å². The molecule has 0 spiro atoms. The molecule has 0 bridgehead atoms. The highest BCUT2D eigenvalue weighted by atomic mass is 127. The van der Waals surface area contributed by atoms with E-state index in [1.165, 1.54) is 24.3 Å². The van der Waals surface area contributed by atoms with Crippen molar-refractivity contribution in [2.75, 3.05) is 0 Å². The molecule has 0 aliphatic carbocycles. The highest BCUT2D eigenvalue weighted by Crippen LogP contribution is 2.15. The Bertz CT molecular complexity index is 465. The molecule has 0 radical (unpaired) electrons. The maximum Gasteiger partial charge on any atom is 0.132 e. The SMILES string of the molecule is O=S(c1ccc(F)cc1)c1ccc(I)cn1. The largest absolute Gasteiger partial charge is 0.247 e. The van der Waals surface area contributed by atoms with Crippen molar-refractivity contribution in [2.45, 2.75) is 9.92 Å². The summed E-state index contributed by atoms with van der Waals surface area (Å²) in [6, 6.07) is 9.14. The van der Waals surface area contributed by atoms with Crippen LogP contribution in [0, 0.1) is 9.39 Å². The lowest BCUT2D eigenvalue weighted by molar-refractivity contribution is 0.626. The number of benzene rings is 1. The van der Waals surface area contributed by atoms with Crippen LogP contribution < -0.4 is 0 Å². The molecule has 0 saturated carbocycles. The average molecular weight is 347 g/mol. The molecular weight excluding hydrogens is 340 g/mol. The molecule has 1 aromatic heterocycles. The molecule has 5 heteroatoms. The van der Waals surface area contributed by atoms with Gasteiger partial charge in [0.05, 0.1) is 0 Å². The number of hydrogen-bond acceptors (Lipinski definition) is 2. The molecule has 2 aromatic rings. The van der Waals surface area contributed by atoms with Crippen molar-refractivity contribution < 1.29 is 8.60 Å². The zero-order valence-corrected chi connectivity index (χ0v) is 11.0. The van der Waals surface area contributed by atoms with E-state index in [-0.39, 0.29) is 5.82 Å². The first-order valence-electron chi connectivity index (χ1n) is 4.46. The predicted molar refractivity (Wildman–Crippen MR) is 68.0 cm³/mol. The van der Waals surface area contributed by atoms with Crippen LogP contribution in [-0.4, -0.2) is 9.19 Å². The minimum Gasteiger partial charge on any atom is -0.247 e. The van der Waals surface area contributed by atoms with E-state index in [0.717, 1.165) is 3.57 Å². The monoisotopic (exact) mass is 347 g/mol. The first-order valence-corrected chi connectivity index (χ1v) is 6.68. The molecule has 1 aromatic carbocycles. The summed E-state index contributed by atoms with van der Waals surface area (Å²) in [6.07, 6.45) is 1.65. The Morgan fingerprint density at radius 2 is 1.81 bits per heavy atom. The van der Waals surface area contributed by atoms with Gasteiger partial charge in [0.1, 0.15) is 21.6 Å². The van der Waals surface area contributed by atoms with Gasteiger partial charge in [-0.1, -0.05) is 0 Å². The van der Waals surface area contributed by atoms with Crippen LogP contribution >= 0.6 is 22.6 Å². The second-order valence-electron chi connectivity index (χ2n) is 3.04. The third kappa shape index (κ3) is 2.65. The summed E-state index contributed by atoms with van der Waals surface area (Å²) in [5.74, 6) is -0.337. The lowest BCUT2D eigenvalue weighted by atomic mass is 10.4. The van der Waals surface area contributed by atoms with Crippen molar-refractivity contribution in [3.8, 4) is 0 Å². The molecule has 2 rings (SSSR count). The Kier molecular flexibility index (Phi) is 3.65. The van der Waals surface area contributed by atoms with E-state index in [2.05, 4.69) is 27.6 Å². The number of nitrogens with zero attached hydrogens (tertiary/aromatic N) is 1. The zero-order chi connectivity index (χ0) is 11.5. The molecule has 0 saturated heterocycles. The van der Waals surface area contributed by atoms with E-state index in [4.69, 9.17) is 0 Å².